The number of aromatic nitrogens is 2. The van der Waals surface area contributed by atoms with Gasteiger partial charge in [0.1, 0.15) is 0 Å². The standard InChI is InChI=1S/C6H12N6O3S/c1-16(8,14)3-2-9-6-4(5(7)10-13)11-15-12-6/h8,13H,2-3H2,1H3,(H2,7,10)(H,9,12). The lowest BCUT2D eigenvalue weighted by atomic mass is 10.4. The number of amidine groups is 1. The van der Waals surface area contributed by atoms with E-state index in [0.717, 1.165) is 0 Å². The van der Waals surface area contributed by atoms with E-state index in [-0.39, 0.29) is 29.6 Å². The fraction of sp³-hybridized carbons (Fsp3) is 0.500. The van der Waals surface area contributed by atoms with Gasteiger partial charge in [-0.15, -0.1) is 0 Å². The molecule has 1 atom stereocenters. The summed E-state index contributed by atoms with van der Waals surface area (Å²) in [6, 6.07) is 0. The summed E-state index contributed by atoms with van der Waals surface area (Å²) >= 11 is 0. The number of nitrogens with one attached hydrogen (secondary N) is 2. The van der Waals surface area contributed by atoms with E-state index >= 15 is 0 Å². The van der Waals surface area contributed by atoms with Crippen LogP contribution in [0.5, 0.6) is 0 Å². The van der Waals surface area contributed by atoms with Gasteiger partial charge in [-0.2, -0.15) is 0 Å². The first kappa shape index (κ1) is 12.2. The van der Waals surface area contributed by atoms with E-state index in [9.17, 15) is 4.21 Å². The van der Waals surface area contributed by atoms with Crippen molar-refractivity contribution in [1.29, 1.82) is 4.78 Å². The highest BCUT2D eigenvalue weighted by atomic mass is 32.2. The summed E-state index contributed by atoms with van der Waals surface area (Å²) in [7, 11) is -2.57. The van der Waals surface area contributed by atoms with Gasteiger partial charge in [-0.25, -0.2) is 4.63 Å². The molecular formula is C6H12N6O3S. The van der Waals surface area contributed by atoms with Crippen molar-refractivity contribution >= 4 is 21.4 Å². The maximum Gasteiger partial charge on any atom is 0.202 e. The zero-order chi connectivity index (χ0) is 12.2. The molecule has 10 heteroatoms. The molecule has 0 aliphatic rings. The molecule has 0 saturated carbocycles. The van der Waals surface area contributed by atoms with Crippen LogP contribution in [0.25, 0.3) is 0 Å². The fourth-order valence-electron chi connectivity index (χ4n) is 0.884. The Balaban J connectivity index is 2.65. The molecule has 16 heavy (non-hydrogen) atoms. The van der Waals surface area contributed by atoms with Crippen LogP contribution in [0.15, 0.2) is 9.78 Å². The van der Waals surface area contributed by atoms with E-state index in [4.69, 9.17) is 15.7 Å². The summed E-state index contributed by atoms with van der Waals surface area (Å²) in [6.45, 7) is 0.249. The molecule has 1 unspecified atom stereocenters. The Labute approximate surface area is 91.6 Å². The summed E-state index contributed by atoms with van der Waals surface area (Å²) in [5.74, 6) is 0.0842. The van der Waals surface area contributed by atoms with E-state index in [1.807, 2.05) is 0 Å². The zero-order valence-corrected chi connectivity index (χ0v) is 9.32. The largest absolute Gasteiger partial charge is 0.409 e. The summed E-state index contributed by atoms with van der Waals surface area (Å²) in [5.41, 5.74) is 5.37. The number of oxime groups is 1. The van der Waals surface area contributed by atoms with Crippen LogP contribution >= 0.6 is 0 Å². The molecule has 5 N–H and O–H groups in total. The average Bonchev–Trinajstić information content (AvgIpc) is 2.63. The highest BCUT2D eigenvalue weighted by Crippen LogP contribution is 2.08. The van der Waals surface area contributed by atoms with E-state index in [2.05, 4.69) is 25.4 Å². The molecule has 0 saturated heterocycles. The summed E-state index contributed by atoms with van der Waals surface area (Å²) in [5, 5.41) is 20.8. The predicted molar refractivity (Wildman–Crippen MR) is 57.0 cm³/mol. The third-order valence-electron chi connectivity index (χ3n) is 1.62. The second kappa shape index (κ2) is 4.79. The van der Waals surface area contributed by atoms with Crippen LogP contribution in [0.4, 0.5) is 5.82 Å². The lowest BCUT2D eigenvalue weighted by Crippen LogP contribution is -2.18. The molecule has 1 rings (SSSR count). The first-order valence-electron chi connectivity index (χ1n) is 4.20. The molecule has 0 bridgehead atoms. The molecule has 0 spiro atoms. The first-order chi connectivity index (χ1) is 7.44. The van der Waals surface area contributed by atoms with Crippen LogP contribution in [0.1, 0.15) is 5.69 Å². The molecule has 1 aromatic heterocycles. The Morgan fingerprint density at radius 2 is 2.44 bits per heavy atom. The number of nitrogens with two attached hydrogens (primary N) is 1. The number of hydrogen-bond acceptors (Lipinski definition) is 8. The van der Waals surface area contributed by atoms with Gasteiger partial charge in [0.15, 0.2) is 11.5 Å². The molecule has 0 radical (unpaired) electrons. The fourth-order valence-corrected chi connectivity index (χ4v) is 1.38. The molecule has 1 aromatic rings. The van der Waals surface area contributed by atoms with E-state index < -0.39 is 9.73 Å². The van der Waals surface area contributed by atoms with Crippen LogP contribution in [0.3, 0.4) is 0 Å². The maximum atomic E-state index is 11.1. The van der Waals surface area contributed by atoms with Crippen molar-refractivity contribution in [2.75, 3.05) is 23.9 Å². The van der Waals surface area contributed by atoms with Crippen LogP contribution in [0.2, 0.25) is 0 Å². The molecule has 9 nitrogen and oxygen atoms in total. The molecule has 0 aliphatic carbocycles. The number of anilines is 1. The number of nitrogens with zero attached hydrogens (tertiary/aromatic N) is 3. The van der Waals surface area contributed by atoms with E-state index in [1.165, 1.54) is 6.26 Å². The Morgan fingerprint density at radius 1 is 1.75 bits per heavy atom. The van der Waals surface area contributed by atoms with Crippen LogP contribution in [-0.4, -0.2) is 44.1 Å². The Bertz CT molecular complexity index is 478. The van der Waals surface area contributed by atoms with Gasteiger partial charge in [-0.05, 0) is 10.3 Å². The van der Waals surface area contributed by atoms with Crippen LogP contribution in [-0.2, 0) is 9.73 Å². The minimum atomic E-state index is -2.57. The number of hydrogen-bond donors (Lipinski definition) is 4. The van der Waals surface area contributed by atoms with Gasteiger partial charge in [0.05, 0.1) is 0 Å². The lowest BCUT2D eigenvalue weighted by Gasteiger charge is -2.03. The van der Waals surface area contributed by atoms with Crippen molar-refractivity contribution in [2.45, 2.75) is 0 Å². The van der Waals surface area contributed by atoms with Crippen molar-refractivity contribution in [2.24, 2.45) is 10.9 Å². The minimum absolute atomic E-state index is 0.0649. The molecular weight excluding hydrogens is 236 g/mol. The normalized spacial score (nSPS) is 15.7. The summed E-state index contributed by atoms with van der Waals surface area (Å²) < 4.78 is 22.6. The van der Waals surface area contributed by atoms with Crippen LogP contribution < -0.4 is 11.1 Å². The molecule has 0 amide bonds. The summed E-state index contributed by atoms with van der Waals surface area (Å²) in [6.07, 6.45) is 1.33. The molecule has 90 valence electrons. The van der Waals surface area contributed by atoms with E-state index in [1.54, 1.807) is 0 Å². The molecule has 0 fully saturated rings. The third-order valence-corrected chi connectivity index (χ3v) is 2.61. The lowest BCUT2D eigenvalue weighted by molar-refractivity contribution is 0.304. The van der Waals surface area contributed by atoms with Crippen molar-refractivity contribution < 1.29 is 14.0 Å². The quantitative estimate of drug-likeness (QED) is 0.231. The minimum Gasteiger partial charge on any atom is -0.409 e. The van der Waals surface area contributed by atoms with Gasteiger partial charge in [0.2, 0.25) is 5.82 Å². The highest BCUT2D eigenvalue weighted by molar-refractivity contribution is 7.91. The topological polar surface area (TPSA) is 150 Å². The van der Waals surface area contributed by atoms with Gasteiger partial charge in [-0.1, -0.05) is 5.16 Å². The molecule has 0 aliphatic heterocycles. The average molecular weight is 248 g/mol. The molecule has 0 aromatic carbocycles. The van der Waals surface area contributed by atoms with Gasteiger partial charge in [-0.3, -0.25) is 8.99 Å². The smallest absolute Gasteiger partial charge is 0.202 e. The second-order valence-corrected chi connectivity index (χ2v) is 5.50. The molecule has 1 heterocycles. The van der Waals surface area contributed by atoms with Gasteiger partial charge >= 0.3 is 0 Å². The summed E-state index contributed by atoms with van der Waals surface area (Å²) in [4.78, 5) is 0. The van der Waals surface area contributed by atoms with Crippen molar-refractivity contribution in [3.8, 4) is 0 Å². The third kappa shape index (κ3) is 3.38. The number of rotatable bonds is 5. The van der Waals surface area contributed by atoms with Crippen molar-refractivity contribution in [3.05, 3.63) is 5.69 Å². The highest BCUT2D eigenvalue weighted by Gasteiger charge is 2.14. The zero-order valence-electron chi connectivity index (χ0n) is 8.51. The second-order valence-electron chi connectivity index (χ2n) is 3.08. The van der Waals surface area contributed by atoms with Crippen LogP contribution in [0, 0.1) is 4.78 Å². The maximum absolute atomic E-state index is 11.1. The van der Waals surface area contributed by atoms with Crippen molar-refractivity contribution in [1.82, 2.24) is 10.3 Å². The van der Waals surface area contributed by atoms with E-state index in [0.29, 0.717) is 0 Å². The first-order valence-corrected chi connectivity index (χ1v) is 6.33. The predicted octanol–water partition coefficient (Wildman–Crippen LogP) is -0.747. The van der Waals surface area contributed by atoms with Gasteiger partial charge < -0.3 is 16.3 Å². The van der Waals surface area contributed by atoms with Gasteiger partial charge in [0, 0.05) is 28.3 Å². The van der Waals surface area contributed by atoms with Crippen molar-refractivity contribution in [3.63, 3.8) is 0 Å². The monoisotopic (exact) mass is 248 g/mol. The SMILES string of the molecule is CS(=N)(=O)CCNc1nonc1/C(N)=N\O. The Hall–Kier alpha value is -1.84. The van der Waals surface area contributed by atoms with Gasteiger partial charge in [0.25, 0.3) is 0 Å². The Morgan fingerprint density at radius 3 is 3.00 bits per heavy atom. The Kier molecular flexibility index (Phi) is 3.66.